The van der Waals surface area contributed by atoms with E-state index >= 15 is 0 Å². The number of hydrogen-bond acceptors (Lipinski definition) is 3. The summed E-state index contributed by atoms with van der Waals surface area (Å²) in [5.74, 6) is -2.41. The summed E-state index contributed by atoms with van der Waals surface area (Å²) >= 11 is 6.12. The van der Waals surface area contributed by atoms with E-state index in [1.807, 2.05) is 32.3 Å². The lowest BCUT2D eigenvalue weighted by Gasteiger charge is -2.27. The Morgan fingerprint density at radius 3 is 2.27 bits per heavy atom. The molecule has 0 aliphatic heterocycles. The number of thioether (sulfide) groups is 1. The molecule has 0 bridgehead atoms. The zero-order chi connectivity index (χ0) is 18.9. The average molecular weight is 396 g/mol. The van der Waals surface area contributed by atoms with Crippen molar-refractivity contribution in [1.29, 1.82) is 0 Å². The molecular weight excluding hydrogens is 372 g/mol. The van der Waals surface area contributed by atoms with Crippen LogP contribution >= 0.6 is 24.0 Å². The fourth-order valence-corrected chi connectivity index (χ4v) is 3.07. The van der Waals surface area contributed by atoms with Crippen molar-refractivity contribution in [2.75, 3.05) is 32.5 Å². The standard InChI is InChI=1S/C19H23F2N3S2/c1-23(2)12-13-24(14-15-6-4-3-5-7-15)19(25)22-16-8-10-17(11-9-16)26-18(20)21/h3-11,18H,12-14H2,1-2H3,(H,22,25). The Balaban J connectivity index is 2.02. The molecule has 0 fully saturated rings. The summed E-state index contributed by atoms with van der Waals surface area (Å²) in [6, 6.07) is 17.0. The van der Waals surface area contributed by atoms with Crippen LogP contribution in [-0.4, -0.2) is 47.9 Å². The van der Waals surface area contributed by atoms with Crippen LogP contribution in [0.15, 0.2) is 59.5 Å². The van der Waals surface area contributed by atoms with Crippen molar-refractivity contribution in [3.05, 3.63) is 60.2 Å². The number of rotatable bonds is 8. The van der Waals surface area contributed by atoms with Gasteiger partial charge in [0.1, 0.15) is 0 Å². The van der Waals surface area contributed by atoms with Crippen molar-refractivity contribution in [2.24, 2.45) is 0 Å². The Morgan fingerprint density at radius 2 is 1.69 bits per heavy atom. The molecule has 26 heavy (non-hydrogen) atoms. The molecule has 0 saturated heterocycles. The molecule has 7 heteroatoms. The van der Waals surface area contributed by atoms with Gasteiger partial charge in [0, 0.05) is 30.2 Å². The van der Waals surface area contributed by atoms with E-state index < -0.39 is 5.76 Å². The zero-order valence-electron chi connectivity index (χ0n) is 14.9. The van der Waals surface area contributed by atoms with Gasteiger partial charge in [-0.3, -0.25) is 0 Å². The molecule has 0 aromatic heterocycles. The Morgan fingerprint density at radius 1 is 1.04 bits per heavy atom. The van der Waals surface area contributed by atoms with E-state index in [1.54, 1.807) is 24.3 Å². The van der Waals surface area contributed by atoms with Crippen molar-refractivity contribution in [3.63, 3.8) is 0 Å². The van der Waals surface area contributed by atoms with Crippen LogP contribution in [0.1, 0.15) is 5.56 Å². The first-order valence-electron chi connectivity index (χ1n) is 8.23. The van der Waals surface area contributed by atoms with Crippen molar-refractivity contribution in [1.82, 2.24) is 9.80 Å². The van der Waals surface area contributed by atoms with Gasteiger partial charge in [0.2, 0.25) is 0 Å². The third-order valence-electron chi connectivity index (χ3n) is 3.65. The van der Waals surface area contributed by atoms with Crippen molar-refractivity contribution in [2.45, 2.75) is 17.2 Å². The second-order valence-corrected chi connectivity index (χ2v) is 7.49. The van der Waals surface area contributed by atoms with Crippen molar-refractivity contribution >= 4 is 34.8 Å². The fourth-order valence-electron chi connectivity index (χ4n) is 2.30. The van der Waals surface area contributed by atoms with Crippen molar-refractivity contribution < 1.29 is 8.78 Å². The SMILES string of the molecule is CN(C)CCN(Cc1ccccc1)C(=S)Nc1ccc(SC(F)F)cc1. The normalized spacial score (nSPS) is 11.0. The number of benzene rings is 2. The summed E-state index contributed by atoms with van der Waals surface area (Å²) in [5.41, 5.74) is 1.97. The highest BCUT2D eigenvalue weighted by Gasteiger charge is 2.12. The summed E-state index contributed by atoms with van der Waals surface area (Å²) in [6.45, 7) is 2.37. The minimum absolute atomic E-state index is 0.533. The smallest absolute Gasteiger partial charge is 0.288 e. The third-order valence-corrected chi connectivity index (χ3v) is 4.73. The maximum Gasteiger partial charge on any atom is 0.288 e. The second-order valence-electron chi connectivity index (χ2n) is 6.04. The van der Waals surface area contributed by atoms with Gasteiger partial charge in [-0.25, -0.2) is 0 Å². The first kappa shape index (κ1) is 20.6. The first-order valence-corrected chi connectivity index (χ1v) is 9.52. The van der Waals surface area contributed by atoms with Gasteiger partial charge in [-0.2, -0.15) is 8.78 Å². The molecule has 2 aromatic carbocycles. The van der Waals surface area contributed by atoms with Crippen LogP contribution in [0.4, 0.5) is 14.5 Å². The largest absolute Gasteiger partial charge is 0.343 e. The van der Waals surface area contributed by atoms with E-state index in [9.17, 15) is 8.78 Å². The maximum atomic E-state index is 12.4. The lowest BCUT2D eigenvalue weighted by atomic mass is 10.2. The van der Waals surface area contributed by atoms with Gasteiger partial charge in [-0.15, -0.1) is 0 Å². The van der Waals surface area contributed by atoms with E-state index in [0.717, 1.165) is 18.8 Å². The molecule has 0 aliphatic carbocycles. The first-order chi connectivity index (χ1) is 12.4. The molecule has 0 saturated carbocycles. The van der Waals surface area contributed by atoms with Crippen LogP contribution in [0.3, 0.4) is 0 Å². The van der Waals surface area contributed by atoms with E-state index in [4.69, 9.17) is 12.2 Å². The molecule has 3 nitrogen and oxygen atoms in total. The van der Waals surface area contributed by atoms with Gasteiger partial charge in [-0.05, 0) is 56.1 Å². The summed E-state index contributed by atoms with van der Waals surface area (Å²) in [7, 11) is 4.05. The molecule has 1 N–H and O–H groups in total. The molecule has 2 aromatic rings. The van der Waals surface area contributed by atoms with E-state index in [0.29, 0.717) is 28.3 Å². The maximum absolute atomic E-state index is 12.4. The highest BCUT2D eigenvalue weighted by molar-refractivity contribution is 7.99. The minimum Gasteiger partial charge on any atom is -0.343 e. The van der Waals surface area contributed by atoms with Crippen LogP contribution in [0.2, 0.25) is 0 Å². The van der Waals surface area contributed by atoms with Gasteiger partial charge >= 0.3 is 0 Å². The Bertz CT molecular complexity index is 679. The monoisotopic (exact) mass is 395 g/mol. The molecule has 2 rings (SSSR count). The van der Waals surface area contributed by atoms with Gasteiger partial charge in [0.15, 0.2) is 5.11 Å². The highest BCUT2D eigenvalue weighted by Crippen LogP contribution is 2.26. The quantitative estimate of drug-likeness (QED) is 0.511. The summed E-state index contributed by atoms with van der Waals surface area (Å²) in [4.78, 5) is 4.74. The molecule has 0 spiro atoms. The third kappa shape index (κ3) is 7.27. The van der Waals surface area contributed by atoms with Crippen LogP contribution in [0, 0.1) is 0 Å². The molecule has 140 valence electrons. The van der Waals surface area contributed by atoms with Gasteiger partial charge in [0.05, 0.1) is 0 Å². The Labute approximate surface area is 163 Å². The minimum atomic E-state index is -2.41. The van der Waals surface area contributed by atoms with Crippen molar-refractivity contribution in [3.8, 4) is 0 Å². The molecule has 0 heterocycles. The zero-order valence-corrected chi connectivity index (χ0v) is 16.5. The second kappa shape index (κ2) is 10.4. The number of hydrogen-bond donors (Lipinski definition) is 1. The van der Waals surface area contributed by atoms with Crippen LogP contribution in [-0.2, 0) is 6.54 Å². The summed E-state index contributed by atoms with van der Waals surface area (Å²) in [6.07, 6.45) is 0. The number of nitrogens with one attached hydrogen (secondary N) is 1. The molecule has 0 unspecified atom stereocenters. The fraction of sp³-hybridized carbons (Fsp3) is 0.316. The summed E-state index contributed by atoms with van der Waals surface area (Å²) in [5, 5.41) is 3.82. The van der Waals surface area contributed by atoms with Crippen LogP contribution in [0.5, 0.6) is 0 Å². The lowest BCUT2D eigenvalue weighted by Crippen LogP contribution is -2.38. The van der Waals surface area contributed by atoms with Gasteiger partial charge < -0.3 is 15.1 Å². The number of halogens is 2. The summed E-state index contributed by atoms with van der Waals surface area (Å²) < 4.78 is 24.8. The Kier molecular flexibility index (Phi) is 8.28. The predicted molar refractivity (Wildman–Crippen MR) is 110 cm³/mol. The number of nitrogens with zero attached hydrogens (tertiary/aromatic N) is 2. The molecule has 0 radical (unpaired) electrons. The number of likely N-dealkylation sites (N-methyl/N-ethyl adjacent to an activating group) is 1. The topological polar surface area (TPSA) is 18.5 Å². The molecule has 0 atom stereocenters. The number of alkyl halides is 2. The number of anilines is 1. The van der Waals surface area contributed by atoms with E-state index in [1.165, 1.54) is 5.56 Å². The lowest BCUT2D eigenvalue weighted by molar-refractivity contribution is 0.252. The molecule has 0 aliphatic rings. The van der Waals surface area contributed by atoms with E-state index in [-0.39, 0.29) is 0 Å². The highest BCUT2D eigenvalue weighted by atomic mass is 32.2. The average Bonchev–Trinajstić information content (AvgIpc) is 2.60. The van der Waals surface area contributed by atoms with Gasteiger partial charge in [0.25, 0.3) is 5.76 Å². The van der Waals surface area contributed by atoms with E-state index in [2.05, 4.69) is 27.2 Å². The molecular formula is C19H23F2N3S2. The Hall–Kier alpha value is -1.70. The molecule has 0 amide bonds. The predicted octanol–water partition coefficient (Wildman–Crippen LogP) is 4.76. The van der Waals surface area contributed by atoms with Crippen LogP contribution in [0.25, 0.3) is 0 Å². The van der Waals surface area contributed by atoms with Crippen LogP contribution < -0.4 is 5.32 Å². The van der Waals surface area contributed by atoms with Gasteiger partial charge in [-0.1, -0.05) is 42.1 Å². The number of thiocarbonyl (C=S) groups is 1.